The third kappa shape index (κ3) is 4.21. The molecule has 5 nitrogen and oxygen atoms in total. The number of carbonyl (C=O) groups is 2. The van der Waals surface area contributed by atoms with Gasteiger partial charge in [-0.3, -0.25) is 9.59 Å². The molecule has 0 aromatic heterocycles. The zero-order chi connectivity index (χ0) is 16.2. The van der Waals surface area contributed by atoms with Crippen molar-refractivity contribution in [3.8, 4) is 0 Å². The highest BCUT2D eigenvalue weighted by atomic mass is 35.5. The van der Waals surface area contributed by atoms with Gasteiger partial charge in [-0.1, -0.05) is 30.9 Å². The van der Waals surface area contributed by atoms with Crippen LogP contribution in [0.4, 0.5) is 5.69 Å². The molecule has 2 amide bonds. The van der Waals surface area contributed by atoms with E-state index in [0.29, 0.717) is 29.1 Å². The van der Waals surface area contributed by atoms with Crippen molar-refractivity contribution in [2.45, 2.75) is 44.1 Å². The van der Waals surface area contributed by atoms with Crippen LogP contribution in [0.25, 0.3) is 0 Å². The van der Waals surface area contributed by atoms with E-state index in [0.717, 1.165) is 19.3 Å². The first-order chi connectivity index (χ1) is 10.4. The largest absolute Gasteiger partial charge is 0.389 e. The van der Waals surface area contributed by atoms with Gasteiger partial charge in [-0.2, -0.15) is 0 Å². The van der Waals surface area contributed by atoms with Crippen molar-refractivity contribution in [3.05, 3.63) is 28.8 Å². The molecular formula is C16H21ClN2O3. The summed E-state index contributed by atoms with van der Waals surface area (Å²) >= 11 is 5.97. The number of hydrogen-bond acceptors (Lipinski definition) is 3. The minimum absolute atomic E-state index is 0.0743. The molecule has 0 saturated heterocycles. The highest BCUT2D eigenvalue weighted by molar-refractivity contribution is 6.34. The van der Waals surface area contributed by atoms with Crippen molar-refractivity contribution in [1.29, 1.82) is 0 Å². The molecule has 0 aliphatic heterocycles. The third-order valence-corrected chi connectivity index (χ3v) is 4.33. The van der Waals surface area contributed by atoms with E-state index in [2.05, 4.69) is 10.6 Å². The summed E-state index contributed by atoms with van der Waals surface area (Å²) in [5, 5.41) is 15.9. The number of halogens is 1. The summed E-state index contributed by atoms with van der Waals surface area (Å²) in [7, 11) is 1.52. The molecule has 0 atom stereocenters. The highest BCUT2D eigenvalue weighted by Crippen LogP contribution is 2.31. The Balaban J connectivity index is 2.04. The summed E-state index contributed by atoms with van der Waals surface area (Å²) in [6.45, 7) is 0. The predicted molar refractivity (Wildman–Crippen MR) is 86.1 cm³/mol. The summed E-state index contributed by atoms with van der Waals surface area (Å²) in [5.41, 5.74) is -0.107. The molecule has 1 saturated carbocycles. The Kier molecular flexibility index (Phi) is 5.42. The van der Waals surface area contributed by atoms with Gasteiger partial charge < -0.3 is 15.7 Å². The highest BCUT2D eigenvalue weighted by Gasteiger charge is 2.31. The first-order valence-corrected chi connectivity index (χ1v) is 7.85. The molecule has 3 N–H and O–H groups in total. The Labute approximate surface area is 135 Å². The van der Waals surface area contributed by atoms with Gasteiger partial charge in [0.15, 0.2) is 0 Å². The minimum atomic E-state index is -0.904. The number of rotatable bonds is 4. The average molecular weight is 325 g/mol. The predicted octanol–water partition coefficient (Wildman–Crippen LogP) is 2.72. The van der Waals surface area contributed by atoms with Crippen molar-refractivity contribution >= 4 is 29.1 Å². The number of nitrogens with one attached hydrogen (secondary N) is 2. The van der Waals surface area contributed by atoms with Crippen molar-refractivity contribution in [2.24, 2.45) is 0 Å². The first-order valence-electron chi connectivity index (χ1n) is 7.47. The molecule has 0 bridgehead atoms. The molecule has 120 valence electrons. The van der Waals surface area contributed by atoms with Gasteiger partial charge >= 0.3 is 0 Å². The molecular weight excluding hydrogens is 304 g/mol. The van der Waals surface area contributed by atoms with Gasteiger partial charge in [0.2, 0.25) is 5.91 Å². The van der Waals surface area contributed by atoms with Crippen LogP contribution in [0.5, 0.6) is 0 Å². The van der Waals surface area contributed by atoms with E-state index in [4.69, 9.17) is 11.6 Å². The molecule has 0 heterocycles. The molecule has 1 aromatic carbocycles. The standard InChI is InChI=1S/C16H21ClN2O3/c1-18-15(21)12-9-11(5-6-13(12)17)19-14(20)10-16(22)7-3-2-4-8-16/h5-6,9,22H,2-4,7-8,10H2,1H3,(H,18,21)(H,19,20). The van der Waals surface area contributed by atoms with E-state index >= 15 is 0 Å². The van der Waals surface area contributed by atoms with Crippen LogP contribution in [0.3, 0.4) is 0 Å². The van der Waals surface area contributed by atoms with Crippen LogP contribution in [0.1, 0.15) is 48.9 Å². The van der Waals surface area contributed by atoms with Gasteiger partial charge in [0.1, 0.15) is 0 Å². The number of amides is 2. The van der Waals surface area contributed by atoms with Gasteiger partial charge in [-0.05, 0) is 31.0 Å². The minimum Gasteiger partial charge on any atom is -0.389 e. The number of benzene rings is 1. The zero-order valence-corrected chi connectivity index (χ0v) is 13.4. The van der Waals surface area contributed by atoms with E-state index < -0.39 is 5.60 Å². The monoisotopic (exact) mass is 324 g/mol. The lowest BCUT2D eigenvalue weighted by molar-refractivity contribution is -0.122. The molecule has 6 heteroatoms. The van der Waals surface area contributed by atoms with Crippen LogP contribution >= 0.6 is 11.6 Å². The molecule has 1 aliphatic carbocycles. The molecule has 0 unspecified atom stereocenters. The molecule has 1 fully saturated rings. The summed E-state index contributed by atoms with van der Waals surface area (Å²) < 4.78 is 0. The lowest BCUT2D eigenvalue weighted by Gasteiger charge is -2.31. The Bertz CT molecular complexity index is 569. The fourth-order valence-electron chi connectivity index (χ4n) is 2.80. The maximum absolute atomic E-state index is 12.1. The van der Waals surface area contributed by atoms with E-state index in [9.17, 15) is 14.7 Å². The van der Waals surface area contributed by atoms with Crippen LogP contribution in [-0.2, 0) is 4.79 Å². The lowest BCUT2D eigenvalue weighted by atomic mass is 9.82. The normalized spacial score (nSPS) is 16.9. The van der Waals surface area contributed by atoms with Crippen LogP contribution in [-0.4, -0.2) is 29.6 Å². The molecule has 2 rings (SSSR count). The third-order valence-electron chi connectivity index (χ3n) is 4.00. The maximum atomic E-state index is 12.1. The molecule has 1 aliphatic rings. The van der Waals surface area contributed by atoms with Crippen LogP contribution < -0.4 is 10.6 Å². The Hall–Kier alpha value is -1.59. The number of carbonyl (C=O) groups excluding carboxylic acids is 2. The second-order valence-electron chi connectivity index (χ2n) is 5.78. The van der Waals surface area contributed by atoms with Crippen LogP contribution in [0.2, 0.25) is 5.02 Å². The van der Waals surface area contributed by atoms with Gasteiger partial charge in [-0.15, -0.1) is 0 Å². The Morgan fingerprint density at radius 3 is 2.59 bits per heavy atom. The molecule has 22 heavy (non-hydrogen) atoms. The van der Waals surface area contributed by atoms with Gasteiger partial charge in [-0.25, -0.2) is 0 Å². The average Bonchev–Trinajstić information content (AvgIpc) is 2.48. The van der Waals surface area contributed by atoms with Crippen molar-refractivity contribution in [1.82, 2.24) is 5.32 Å². The number of aliphatic hydroxyl groups is 1. The van der Waals surface area contributed by atoms with E-state index in [1.54, 1.807) is 12.1 Å². The SMILES string of the molecule is CNC(=O)c1cc(NC(=O)CC2(O)CCCCC2)ccc1Cl. The fourth-order valence-corrected chi connectivity index (χ4v) is 3.01. The van der Waals surface area contributed by atoms with E-state index in [1.165, 1.54) is 13.1 Å². The number of anilines is 1. The van der Waals surface area contributed by atoms with E-state index in [1.807, 2.05) is 0 Å². The molecule has 0 radical (unpaired) electrons. The van der Waals surface area contributed by atoms with Crippen LogP contribution in [0, 0.1) is 0 Å². The van der Waals surface area contributed by atoms with Gasteiger partial charge in [0.25, 0.3) is 5.91 Å². The van der Waals surface area contributed by atoms with Crippen molar-refractivity contribution in [3.63, 3.8) is 0 Å². The first kappa shape index (κ1) is 16.8. The fraction of sp³-hybridized carbons (Fsp3) is 0.500. The topological polar surface area (TPSA) is 78.4 Å². The van der Waals surface area contributed by atoms with E-state index in [-0.39, 0.29) is 18.2 Å². The summed E-state index contributed by atoms with van der Waals surface area (Å²) in [5.74, 6) is -0.568. The van der Waals surface area contributed by atoms with Crippen molar-refractivity contribution < 1.29 is 14.7 Å². The number of hydrogen-bond donors (Lipinski definition) is 3. The Morgan fingerprint density at radius 1 is 1.27 bits per heavy atom. The van der Waals surface area contributed by atoms with Crippen molar-refractivity contribution in [2.75, 3.05) is 12.4 Å². The Morgan fingerprint density at radius 2 is 1.95 bits per heavy atom. The maximum Gasteiger partial charge on any atom is 0.252 e. The summed E-state index contributed by atoms with van der Waals surface area (Å²) in [6.07, 6.45) is 4.40. The second kappa shape index (κ2) is 7.11. The smallest absolute Gasteiger partial charge is 0.252 e. The summed E-state index contributed by atoms with van der Waals surface area (Å²) in [6, 6.07) is 4.73. The molecule has 1 aromatic rings. The van der Waals surface area contributed by atoms with Crippen LogP contribution in [0.15, 0.2) is 18.2 Å². The zero-order valence-electron chi connectivity index (χ0n) is 12.6. The van der Waals surface area contributed by atoms with Gasteiger partial charge in [0, 0.05) is 12.7 Å². The lowest BCUT2D eigenvalue weighted by Crippen LogP contribution is -2.35. The summed E-state index contributed by atoms with van der Waals surface area (Å²) in [4.78, 5) is 23.8. The molecule has 0 spiro atoms. The van der Waals surface area contributed by atoms with Gasteiger partial charge in [0.05, 0.1) is 22.6 Å². The quantitative estimate of drug-likeness (QED) is 0.796. The second-order valence-corrected chi connectivity index (χ2v) is 6.19.